The fourth-order valence-electron chi connectivity index (χ4n) is 18.7. The number of aromatic carboxylic acids is 1. The summed E-state index contributed by atoms with van der Waals surface area (Å²) in [7, 11) is 0. The number of alkyl carbamates (subject to hydrolysis) is 2. The Bertz CT molecular complexity index is 7390. The van der Waals surface area contributed by atoms with Crippen LogP contribution >= 0.6 is 0 Å². The lowest BCUT2D eigenvalue weighted by Crippen LogP contribution is -2.64. The van der Waals surface area contributed by atoms with Gasteiger partial charge >= 0.3 is 18.2 Å². The number of hydrazine groups is 1. The molecule has 3 aliphatic carbocycles. The molecule has 2 amide bonds. The summed E-state index contributed by atoms with van der Waals surface area (Å²) in [6, 6.07) is 72.6. The largest absolute Gasteiger partial charge is 0.481 e. The molecule has 9 N–H and O–H groups in total. The molecule has 23 rings (SSSR count). The molecular formula is C108H111N21O14. The predicted molar refractivity (Wildman–Crippen MR) is 541 cm³/mol. The van der Waals surface area contributed by atoms with Gasteiger partial charge in [-0.2, -0.15) is 0 Å². The van der Waals surface area contributed by atoms with Crippen LogP contribution in [-0.2, 0) is 59.3 Å². The van der Waals surface area contributed by atoms with E-state index < -0.39 is 69.3 Å². The van der Waals surface area contributed by atoms with Crippen LogP contribution < -0.4 is 27.6 Å². The lowest BCUT2D eigenvalue weighted by atomic mass is 9.67. The van der Waals surface area contributed by atoms with Crippen molar-refractivity contribution < 1.29 is 67.3 Å². The van der Waals surface area contributed by atoms with E-state index in [1.54, 1.807) is 49.2 Å². The Morgan fingerprint density at radius 3 is 1.03 bits per heavy atom. The SMILES string of the molecule is C.C.C.CC(=O)O.CC(C)(C)OC(=O)NC1(c2ccc(-c3nc4ccn5c(-c6ncccn6)nnc5c4cc3-c3ccccc3)cc2)CC2(C1)OCCO2.CC(C)(C)OC(=O)NC1(c2ccc(-c3nc4ccnc(NN)c4cc3-c3ccccc3)cc2)CC2(C1)OCCO2.NC1(c2ccc(-c3nc4ccn5c(-c6ncccn6)nnc5c4cc3-c3ccccc3)cc2)CC2(C1)OCCO2.O=C(O)c1ncccn1. The number of carbonyl (C=O) groups excluding carboxylic acids is 2. The number of hydrogen-bond acceptors (Lipinski definition) is 29. The maximum Gasteiger partial charge on any atom is 0.408 e. The zero-order valence-electron chi connectivity index (χ0n) is 77.6. The first-order valence-electron chi connectivity index (χ1n) is 45.6. The molecule has 143 heavy (non-hydrogen) atoms. The minimum atomic E-state index is -1.10. The van der Waals surface area contributed by atoms with Crippen LogP contribution in [0.2, 0.25) is 0 Å². The topological polar surface area (TPSA) is 460 Å². The summed E-state index contributed by atoms with van der Waals surface area (Å²) in [5.74, 6) is 4.50. The number of carboxylic acids is 2. The fourth-order valence-corrected chi connectivity index (χ4v) is 18.7. The molecule has 35 heteroatoms. The maximum absolute atomic E-state index is 13.0. The third-order valence-electron chi connectivity index (χ3n) is 24.7. The fraction of sp³-hybridized carbons (Fsp3) is 0.278. The summed E-state index contributed by atoms with van der Waals surface area (Å²) < 4.78 is 50.4. The molecule has 732 valence electrons. The summed E-state index contributed by atoms with van der Waals surface area (Å²) in [4.78, 5) is 89.0. The average molecular weight is 1930 g/mol. The number of nitrogens with one attached hydrogen (secondary N) is 3. The number of aromatic nitrogens is 16. The number of amides is 2. The van der Waals surface area contributed by atoms with E-state index in [4.69, 9.17) is 79.4 Å². The minimum absolute atomic E-state index is 0. The summed E-state index contributed by atoms with van der Waals surface area (Å²) >= 11 is 0. The third-order valence-corrected chi connectivity index (χ3v) is 24.7. The van der Waals surface area contributed by atoms with Crippen molar-refractivity contribution in [3.8, 4) is 90.5 Å². The van der Waals surface area contributed by atoms with Crippen molar-refractivity contribution >= 4 is 73.9 Å². The smallest absolute Gasteiger partial charge is 0.408 e. The van der Waals surface area contributed by atoms with E-state index in [0.29, 0.717) is 119 Å². The molecule has 0 radical (unpaired) electrons. The summed E-state index contributed by atoms with van der Waals surface area (Å²) in [5.41, 5.74) is 24.6. The second-order valence-electron chi connectivity index (χ2n) is 36.8. The van der Waals surface area contributed by atoms with Crippen molar-refractivity contribution in [2.45, 2.75) is 154 Å². The van der Waals surface area contributed by atoms with E-state index in [1.807, 2.05) is 172 Å². The van der Waals surface area contributed by atoms with Crippen LogP contribution in [0.1, 0.15) is 137 Å². The number of hydrogen-bond donors (Lipinski definition) is 7. The van der Waals surface area contributed by atoms with Crippen molar-refractivity contribution in [1.29, 1.82) is 0 Å². The highest BCUT2D eigenvalue weighted by Crippen LogP contribution is 2.56. The number of fused-ring (bicyclic) bond motifs is 7. The van der Waals surface area contributed by atoms with Crippen molar-refractivity contribution in [3.05, 3.63) is 297 Å². The molecule has 3 saturated carbocycles. The molecule has 3 aliphatic heterocycles. The van der Waals surface area contributed by atoms with E-state index >= 15 is 0 Å². The average Bonchev–Trinajstić information content (AvgIpc) is 1.71. The van der Waals surface area contributed by atoms with Gasteiger partial charge in [0.05, 0.1) is 89.9 Å². The number of benzene rings is 6. The van der Waals surface area contributed by atoms with Gasteiger partial charge < -0.3 is 69.9 Å². The highest BCUT2D eigenvalue weighted by atomic mass is 16.8. The second kappa shape index (κ2) is 41.1. The Kier molecular flexibility index (Phi) is 28.8. The van der Waals surface area contributed by atoms with Crippen molar-refractivity contribution in [2.75, 3.05) is 45.1 Å². The quantitative estimate of drug-likeness (QED) is 0.0370. The van der Waals surface area contributed by atoms with Gasteiger partial charge in [-0.05, 0) is 130 Å². The maximum atomic E-state index is 13.0. The van der Waals surface area contributed by atoms with Gasteiger partial charge in [-0.25, -0.2) is 70.1 Å². The number of nitrogens with two attached hydrogens (primary N) is 2. The van der Waals surface area contributed by atoms with Gasteiger partial charge in [0.25, 0.3) is 5.97 Å². The molecule has 11 aromatic heterocycles. The molecule has 3 spiro atoms. The molecule has 0 unspecified atom stereocenters. The molecule has 0 bridgehead atoms. The molecular weight excluding hydrogens is 1820 g/mol. The Morgan fingerprint density at radius 1 is 0.385 bits per heavy atom. The number of ether oxygens (including phenoxy) is 8. The normalized spacial score (nSPS) is 17.3. The van der Waals surface area contributed by atoms with Crippen molar-refractivity contribution in [3.63, 3.8) is 0 Å². The molecule has 6 aliphatic rings. The highest BCUT2D eigenvalue weighted by Gasteiger charge is 2.62. The first-order chi connectivity index (χ1) is 67.5. The molecule has 17 aromatic rings. The number of pyridine rings is 6. The van der Waals surface area contributed by atoms with Crippen LogP contribution in [0, 0.1) is 0 Å². The highest BCUT2D eigenvalue weighted by molar-refractivity contribution is 6.01. The number of nitrogen functional groups attached to an aromatic ring is 1. The number of carboxylic acid groups (broad SMARTS) is 2. The van der Waals surface area contributed by atoms with Crippen molar-refractivity contribution in [2.24, 2.45) is 11.6 Å². The van der Waals surface area contributed by atoms with Crippen LogP contribution in [0.4, 0.5) is 15.4 Å². The van der Waals surface area contributed by atoms with Crippen molar-refractivity contribution in [1.82, 2.24) is 89.7 Å². The first kappa shape index (κ1) is 100. The predicted octanol–water partition coefficient (Wildman–Crippen LogP) is 18.8. The molecule has 6 aromatic carbocycles. The lowest BCUT2D eigenvalue weighted by molar-refractivity contribution is -0.245. The summed E-state index contributed by atoms with van der Waals surface area (Å²) in [5, 5.41) is 42.4. The van der Waals surface area contributed by atoms with Crippen LogP contribution in [0.5, 0.6) is 0 Å². The molecule has 6 fully saturated rings. The van der Waals surface area contributed by atoms with Gasteiger partial charge in [-0.1, -0.05) is 186 Å². The molecule has 3 saturated heterocycles. The van der Waals surface area contributed by atoms with Gasteiger partial charge in [0.15, 0.2) is 40.3 Å². The van der Waals surface area contributed by atoms with Gasteiger partial charge in [0.1, 0.15) is 17.0 Å². The Labute approximate surface area is 824 Å². The molecule has 35 nitrogen and oxygen atoms in total. The standard InChI is InChI=1S/C36H33N7O4.C31H25N7O2.C31H33N5O4.C5H4N2O2.C2H4O2.3CH4/c1-34(2,3)47-33(44)40-35(21-36(22-35)45-18-19-46-36)25-12-10-24(11-13-25)29-26(23-8-5-4-6-9-23)20-27-28(39-29)14-17-43-31(27)41-42-32(43)30-37-15-7-16-38-30;32-30(18-31(19-30)39-15-16-40-31)22-9-7-21(8-10-22)26-23(20-5-2-1-3-6-20)17-24-25(35-26)11-14-38-28(24)36-37-29(38)27-33-12-4-13-34-27;1-29(2,3)40-28(37)35-30(18-31(19-30)38-15-16-39-31)22-11-9-21(10-12-22)26-23(20-7-5-4-6-8-20)17-24-25(34-26)13-14-33-27(24)36-32;8-5(9)4-6-2-1-3-7-4;1-2(3)4;;;/h4-17,20H,18-19,21-22H2,1-3H3,(H,40,44);1-14,17H,15-16,18-19,32H2;4-14,17H,15-16,18-19,32H2,1-3H3,(H,33,36)(H,35,37);1-3H,(H,8,9);1H3,(H,3,4);3*1H4. The zero-order chi connectivity index (χ0) is 97.2. The van der Waals surface area contributed by atoms with Crippen LogP contribution in [0.3, 0.4) is 0 Å². The number of nitrogens with zero attached hydrogens (tertiary/aromatic N) is 16. The third kappa shape index (κ3) is 21.2. The number of aliphatic carboxylic acids is 1. The van der Waals surface area contributed by atoms with Gasteiger partial charge in [0, 0.05) is 151 Å². The van der Waals surface area contributed by atoms with E-state index in [2.05, 4.69) is 162 Å². The van der Waals surface area contributed by atoms with Gasteiger partial charge in [-0.3, -0.25) is 13.6 Å². The number of carbonyl (C=O) groups is 4. The Hall–Kier alpha value is -15.9. The van der Waals surface area contributed by atoms with E-state index in [9.17, 15) is 14.4 Å². The second-order valence-corrected chi connectivity index (χ2v) is 36.8. The van der Waals surface area contributed by atoms with Gasteiger partial charge in [-0.15, -0.1) is 20.4 Å². The number of rotatable bonds is 15. The summed E-state index contributed by atoms with van der Waals surface area (Å²) in [6.45, 7) is 15.6. The molecule has 0 atom stereocenters. The Morgan fingerprint density at radius 2 is 0.706 bits per heavy atom. The van der Waals surface area contributed by atoms with Crippen LogP contribution in [0.25, 0.3) is 134 Å². The first-order valence-corrected chi connectivity index (χ1v) is 45.6. The van der Waals surface area contributed by atoms with E-state index in [-0.39, 0.29) is 28.1 Å². The van der Waals surface area contributed by atoms with E-state index in [1.165, 1.54) is 12.4 Å². The van der Waals surface area contributed by atoms with Gasteiger partial charge in [0.2, 0.25) is 17.5 Å². The van der Waals surface area contributed by atoms with E-state index in [0.717, 1.165) is 123 Å². The van der Waals surface area contributed by atoms with Crippen LogP contribution in [-0.4, -0.2) is 182 Å². The summed E-state index contributed by atoms with van der Waals surface area (Å²) in [6.07, 6.45) is 17.4. The Balaban J connectivity index is 0.000000144. The monoisotopic (exact) mass is 1930 g/mol. The number of anilines is 1. The minimum Gasteiger partial charge on any atom is -0.481 e. The van der Waals surface area contributed by atoms with Crippen LogP contribution in [0.15, 0.2) is 274 Å². The lowest BCUT2D eigenvalue weighted by Gasteiger charge is -2.53. The molecule has 14 heterocycles. The zero-order valence-corrected chi connectivity index (χ0v) is 77.6.